The van der Waals surface area contributed by atoms with Gasteiger partial charge in [-0.3, -0.25) is 4.57 Å². The molecule has 0 aliphatic carbocycles. The summed E-state index contributed by atoms with van der Waals surface area (Å²) in [6, 6.07) is 0. The lowest BCUT2D eigenvalue weighted by atomic mass is 10.4. The summed E-state index contributed by atoms with van der Waals surface area (Å²) in [5.41, 5.74) is 5.03. The van der Waals surface area contributed by atoms with Crippen molar-refractivity contribution >= 4 is 7.60 Å². The fraction of sp³-hybridized carbons (Fsp3) is 1.00. The van der Waals surface area contributed by atoms with Gasteiger partial charge in [-0.15, -0.1) is 0 Å². The fourth-order valence-corrected chi connectivity index (χ4v) is 1.34. The summed E-state index contributed by atoms with van der Waals surface area (Å²) in [5.74, 6) is 0. The molecule has 0 aromatic heterocycles. The van der Waals surface area contributed by atoms with Crippen LogP contribution in [0, 0.1) is 0 Å². The standard InChI is InChI=1S/C5H14NO5P/c6-1-2-12(9,10)11-4-5(8)3-7/h5,7-8H,1-4,6H2,(H,9,10)/t5-/m0/s1. The molecule has 0 radical (unpaired) electrons. The van der Waals surface area contributed by atoms with E-state index in [2.05, 4.69) is 4.52 Å². The lowest BCUT2D eigenvalue weighted by molar-refractivity contribution is 0.0497. The van der Waals surface area contributed by atoms with Gasteiger partial charge in [0.1, 0.15) is 6.10 Å². The second kappa shape index (κ2) is 5.64. The SMILES string of the molecule is NCCP(=O)(O)OC[C@@H](O)CO. The maximum Gasteiger partial charge on any atom is 0.329 e. The Morgan fingerprint density at radius 2 is 2.17 bits per heavy atom. The molecule has 0 saturated carbocycles. The average molecular weight is 199 g/mol. The van der Waals surface area contributed by atoms with Crippen molar-refractivity contribution in [2.75, 3.05) is 25.9 Å². The van der Waals surface area contributed by atoms with E-state index in [0.29, 0.717) is 0 Å². The van der Waals surface area contributed by atoms with Gasteiger partial charge in [-0.25, -0.2) is 0 Å². The van der Waals surface area contributed by atoms with Crippen molar-refractivity contribution < 1.29 is 24.2 Å². The van der Waals surface area contributed by atoms with Crippen LogP contribution in [0.5, 0.6) is 0 Å². The molecule has 0 spiro atoms. The molecule has 0 rings (SSSR count). The molecule has 74 valence electrons. The van der Waals surface area contributed by atoms with Crippen molar-refractivity contribution in [3.05, 3.63) is 0 Å². The summed E-state index contributed by atoms with van der Waals surface area (Å²) in [7, 11) is -3.66. The monoisotopic (exact) mass is 199 g/mol. The maximum absolute atomic E-state index is 10.9. The highest BCUT2D eigenvalue weighted by atomic mass is 31.2. The van der Waals surface area contributed by atoms with Crippen LogP contribution in [0.3, 0.4) is 0 Å². The van der Waals surface area contributed by atoms with E-state index in [-0.39, 0.29) is 19.3 Å². The summed E-state index contributed by atoms with van der Waals surface area (Å²) in [4.78, 5) is 8.92. The third-order valence-corrected chi connectivity index (χ3v) is 2.47. The summed E-state index contributed by atoms with van der Waals surface area (Å²) >= 11 is 0. The molecule has 0 amide bonds. The largest absolute Gasteiger partial charge is 0.394 e. The Kier molecular flexibility index (Phi) is 5.65. The van der Waals surface area contributed by atoms with E-state index in [4.69, 9.17) is 20.8 Å². The quantitative estimate of drug-likeness (QED) is 0.387. The molecular formula is C5H14NO5P. The highest BCUT2D eigenvalue weighted by molar-refractivity contribution is 7.52. The number of aliphatic hydroxyl groups excluding tert-OH is 2. The Morgan fingerprint density at radius 3 is 2.58 bits per heavy atom. The molecule has 1 unspecified atom stereocenters. The van der Waals surface area contributed by atoms with Gasteiger partial charge in [-0.2, -0.15) is 0 Å². The second-order valence-electron chi connectivity index (χ2n) is 2.28. The van der Waals surface area contributed by atoms with Crippen LogP contribution in [0.25, 0.3) is 0 Å². The first kappa shape index (κ1) is 12.0. The third kappa shape index (κ3) is 5.65. The highest BCUT2D eigenvalue weighted by Crippen LogP contribution is 2.40. The van der Waals surface area contributed by atoms with Crippen molar-refractivity contribution in [3.8, 4) is 0 Å². The predicted octanol–water partition coefficient (Wildman–Crippen LogP) is -1.50. The Morgan fingerprint density at radius 1 is 1.58 bits per heavy atom. The minimum atomic E-state index is -3.66. The lowest BCUT2D eigenvalue weighted by Gasteiger charge is -2.12. The molecular weight excluding hydrogens is 185 g/mol. The van der Waals surface area contributed by atoms with Gasteiger partial charge in [-0.1, -0.05) is 0 Å². The number of hydrogen-bond donors (Lipinski definition) is 4. The van der Waals surface area contributed by atoms with Gasteiger partial charge in [0.05, 0.1) is 19.4 Å². The number of rotatable bonds is 6. The van der Waals surface area contributed by atoms with E-state index in [1.807, 2.05) is 0 Å². The zero-order valence-corrected chi connectivity index (χ0v) is 7.48. The summed E-state index contributed by atoms with van der Waals surface area (Å²) in [6.45, 7) is -0.810. The summed E-state index contributed by atoms with van der Waals surface area (Å²) in [5, 5.41) is 17.1. The van der Waals surface area contributed by atoms with Gasteiger partial charge in [0.2, 0.25) is 0 Å². The Balaban J connectivity index is 3.67. The van der Waals surface area contributed by atoms with E-state index in [1.54, 1.807) is 0 Å². The molecule has 0 aliphatic heterocycles. The Labute approximate surface area is 70.5 Å². The molecule has 12 heavy (non-hydrogen) atoms. The predicted molar refractivity (Wildman–Crippen MR) is 42.8 cm³/mol. The molecule has 0 aromatic rings. The summed E-state index contributed by atoms with van der Waals surface area (Å²) < 4.78 is 15.3. The molecule has 6 nitrogen and oxygen atoms in total. The molecule has 0 bridgehead atoms. The van der Waals surface area contributed by atoms with Crippen LogP contribution in [0.4, 0.5) is 0 Å². The Hall–Kier alpha value is 0.0300. The molecule has 7 heteroatoms. The minimum Gasteiger partial charge on any atom is -0.394 e. The molecule has 0 aromatic carbocycles. The van der Waals surface area contributed by atoms with Gasteiger partial charge in [0, 0.05) is 6.54 Å². The van der Waals surface area contributed by atoms with Crippen LogP contribution >= 0.6 is 7.60 Å². The van der Waals surface area contributed by atoms with Crippen molar-refractivity contribution in [1.29, 1.82) is 0 Å². The van der Waals surface area contributed by atoms with Crippen LogP contribution in [0.15, 0.2) is 0 Å². The number of hydrogen-bond acceptors (Lipinski definition) is 5. The van der Waals surface area contributed by atoms with Crippen molar-refractivity contribution in [2.24, 2.45) is 5.73 Å². The number of aliphatic hydroxyl groups is 2. The summed E-state index contributed by atoms with van der Waals surface area (Å²) in [6.07, 6.45) is -1.27. The third-order valence-electron chi connectivity index (χ3n) is 1.09. The average Bonchev–Trinajstić information content (AvgIpc) is 2.00. The molecule has 0 fully saturated rings. The van der Waals surface area contributed by atoms with Crippen LogP contribution in [0.2, 0.25) is 0 Å². The maximum atomic E-state index is 10.9. The van der Waals surface area contributed by atoms with E-state index in [0.717, 1.165) is 0 Å². The smallest absolute Gasteiger partial charge is 0.329 e. The first-order valence-electron chi connectivity index (χ1n) is 3.47. The first-order chi connectivity index (χ1) is 5.52. The highest BCUT2D eigenvalue weighted by Gasteiger charge is 2.19. The van der Waals surface area contributed by atoms with E-state index >= 15 is 0 Å². The van der Waals surface area contributed by atoms with Crippen LogP contribution in [-0.2, 0) is 9.09 Å². The molecule has 0 aliphatic rings. The van der Waals surface area contributed by atoms with Crippen LogP contribution in [-0.4, -0.2) is 47.1 Å². The normalized spacial score (nSPS) is 18.7. The lowest BCUT2D eigenvalue weighted by Crippen LogP contribution is -2.19. The fourth-order valence-electron chi connectivity index (χ4n) is 0.483. The van der Waals surface area contributed by atoms with E-state index < -0.39 is 20.3 Å². The minimum absolute atomic E-state index is 0.0446. The zero-order valence-electron chi connectivity index (χ0n) is 6.59. The van der Waals surface area contributed by atoms with Gasteiger partial charge in [0.25, 0.3) is 0 Å². The first-order valence-corrected chi connectivity index (χ1v) is 5.23. The van der Waals surface area contributed by atoms with Crippen molar-refractivity contribution in [1.82, 2.24) is 0 Å². The van der Waals surface area contributed by atoms with Crippen molar-refractivity contribution in [3.63, 3.8) is 0 Å². The van der Waals surface area contributed by atoms with Crippen molar-refractivity contribution in [2.45, 2.75) is 6.10 Å². The van der Waals surface area contributed by atoms with Gasteiger partial charge in [-0.05, 0) is 0 Å². The molecule has 2 atom stereocenters. The second-order valence-corrected chi connectivity index (χ2v) is 4.26. The van der Waals surface area contributed by atoms with Gasteiger partial charge >= 0.3 is 7.60 Å². The molecule has 5 N–H and O–H groups in total. The van der Waals surface area contributed by atoms with Gasteiger partial charge in [0.15, 0.2) is 0 Å². The van der Waals surface area contributed by atoms with E-state index in [9.17, 15) is 4.57 Å². The molecule has 0 heterocycles. The Bertz CT molecular complexity index is 164. The van der Waals surface area contributed by atoms with Gasteiger partial charge < -0.3 is 25.4 Å². The van der Waals surface area contributed by atoms with Crippen LogP contribution < -0.4 is 5.73 Å². The van der Waals surface area contributed by atoms with E-state index in [1.165, 1.54) is 0 Å². The topological polar surface area (TPSA) is 113 Å². The zero-order chi connectivity index (χ0) is 9.61. The molecule has 0 saturated heterocycles. The number of nitrogens with two attached hydrogens (primary N) is 1. The van der Waals surface area contributed by atoms with Crippen LogP contribution in [0.1, 0.15) is 0 Å².